The third-order valence-electron chi connectivity index (χ3n) is 1.12. The summed E-state index contributed by atoms with van der Waals surface area (Å²) in [6.45, 7) is 5.78. The average Bonchev–Trinajstić information content (AvgIpc) is 1.91. The fraction of sp³-hybridized carbons (Fsp3) is 0.444. The Morgan fingerprint density at radius 1 is 1.33 bits per heavy atom. The second-order valence-electron chi connectivity index (χ2n) is 3.53. The predicted octanol–water partition coefficient (Wildman–Crippen LogP) is 2.40. The molecule has 0 aliphatic heterocycles. The summed E-state index contributed by atoms with van der Waals surface area (Å²) in [6.07, 6.45) is 1.38. The molecule has 3 heteroatoms. The van der Waals surface area contributed by atoms with E-state index in [1.165, 1.54) is 12.3 Å². The minimum Gasteiger partial charge on any atom is -0.487 e. The summed E-state index contributed by atoms with van der Waals surface area (Å²) in [5, 5.41) is 0. The SMILES string of the molecule is CC(C)(C)Oc1ccc(F)nc1. The van der Waals surface area contributed by atoms with Crippen LogP contribution >= 0.6 is 0 Å². The maximum atomic E-state index is 12.4. The third kappa shape index (κ3) is 2.86. The molecule has 0 saturated carbocycles. The van der Waals surface area contributed by atoms with E-state index in [9.17, 15) is 4.39 Å². The van der Waals surface area contributed by atoms with Gasteiger partial charge in [-0.25, -0.2) is 4.98 Å². The molecule has 0 aliphatic rings. The van der Waals surface area contributed by atoms with E-state index in [2.05, 4.69) is 4.98 Å². The number of rotatable bonds is 1. The lowest BCUT2D eigenvalue weighted by molar-refractivity contribution is 0.130. The van der Waals surface area contributed by atoms with Crippen molar-refractivity contribution in [3.8, 4) is 5.75 Å². The Labute approximate surface area is 71.4 Å². The Bertz CT molecular complexity index is 250. The lowest BCUT2D eigenvalue weighted by Crippen LogP contribution is -2.22. The van der Waals surface area contributed by atoms with Gasteiger partial charge in [-0.3, -0.25) is 0 Å². The monoisotopic (exact) mass is 169 g/mol. The Hall–Kier alpha value is -1.12. The first-order valence-corrected chi connectivity index (χ1v) is 3.78. The zero-order valence-corrected chi connectivity index (χ0v) is 7.47. The van der Waals surface area contributed by atoms with Gasteiger partial charge in [0.05, 0.1) is 6.20 Å². The molecule has 1 aromatic rings. The van der Waals surface area contributed by atoms with Crippen LogP contribution in [0, 0.1) is 5.95 Å². The highest BCUT2D eigenvalue weighted by Crippen LogP contribution is 2.16. The Kier molecular flexibility index (Phi) is 2.31. The van der Waals surface area contributed by atoms with Crippen LogP contribution in [0.1, 0.15) is 20.8 Å². The molecule has 0 saturated heterocycles. The van der Waals surface area contributed by atoms with Crippen molar-refractivity contribution in [2.24, 2.45) is 0 Å². The average molecular weight is 169 g/mol. The highest BCUT2D eigenvalue weighted by molar-refractivity contribution is 5.16. The molecule has 0 unspecified atom stereocenters. The number of pyridine rings is 1. The van der Waals surface area contributed by atoms with Crippen LogP contribution in [0.5, 0.6) is 5.75 Å². The molecule has 0 bridgehead atoms. The first-order valence-electron chi connectivity index (χ1n) is 3.78. The fourth-order valence-corrected chi connectivity index (χ4v) is 0.776. The van der Waals surface area contributed by atoms with Gasteiger partial charge in [0.2, 0.25) is 5.95 Å². The third-order valence-corrected chi connectivity index (χ3v) is 1.12. The van der Waals surface area contributed by atoms with E-state index in [-0.39, 0.29) is 5.60 Å². The standard InChI is InChI=1S/C9H12FNO/c1-9(2,3)12-7-4-5-8(10)11-6-7/h4-6H,1-3H3. The van der Waals surface area contributed by atoms with Gasteiger partial charge in [0.15, 0.2) is 0 Å². The van der Waals surface area contributed by atoms with E-state index in [4.69, 9.17) is 4.74 Å². The van der Waals surface area contributed by atoms with Crippen LogP contribution in [0.15, 0.2) is 18.3 Å². The van der Waals surface area contributed by atoms with Gasteiger partial charge in [-0.15, -0.1) is 0 Å². The molecule has 12 heavy (non-hydrogen) atoms. The number of nitrogens with zero attached hydrogens (tertiary/aromatic N) is 1. The van der Waals surface area contributed by atoms with Crippen molar-refractivity contribution in [3.05, 3.63) is 24.3 Å². The molecule has 0 N–H and O–H groups in total. The van der Waals surface area contributed by atoms with Crippen molar-refractivity contribution in [1.29, 1.82) is 0 Å². The van der Waals surface area contributed by atoms with E-state index in [1.54, 1.807) is 6.07 Å². The van der Waals surface area contributed by atoms with Crippen LogP contribution in [0.2, 0.25) is 0 Å². The molecule has 0 spiro atoms. The second-order valence-corrected chi connectivity index (χ2v) is 3.53. The van der Waals surface area contributed by atoms with Crippen LogP contribution in [-0.2, 0) is 0 Å². The number of halogens is 1. The molecule has 2 nitrogen and oxygen atoms in total. The summed E-state index contributed by atoms with van der Waals surface area (Å²) in [5.41, 5.74) is -0.264. The highest BCUT2D eigenvalue weighted by Gasteiger charge is 2.11. The number of hydrogen-bond donors (Lipinski definition) is 0. The zero-order valence-electron chi connectivity index (χ0n) is 7.47. The van der Waals surface area contributed by atoms with Crippen molar-refractivity contribution in [2.75, 3.05) is 0 Å². The molecular weight excluding hydrogens is 157 g/mol. The lowest BCUT2D eigenvalue weighted by Gasteiger charge is -2.20. The van der Waals surface area contributed by atoms with E-state index in [1.807, 2.05) is 20.8 Å². The maximum Gasteiger partial charge on any atom is 0.213 e. The Morgan fingerprint density at radius 2 is 2.00 bits per heavy atom. The summed E-state index contributed by atoms with van der Waals surface area (Å²) in [4.78, 5) is 3.47. The second kappa shape index (κ2) is 3.09. The number of hydrogen-bond acceptors (Lipinski definition) is 2. The van der Waals surface area contributed by atoms with Crippen molar-refractivity contribution >= 4 is 0 Å². The number of ether oxygens (including phenoxy) is 1. The molecular formula is C9H12FNO. The van der Waals surface area contributed by atoms with Crippen molar-refractivity contribution < 1.29 is 9.13 Å². The van der Waals surface area contributed by atoms with E-state index >= 15 is 0 Å². The minimum atomic E-state index is -0.490. The van der Waals surface area contributed by atoms with Crippen molar-refractivity contribution in [1.82, 2.24) is 4.98 Å². The first kappa shape index (κ1) is 8.97. The molecule has 66 valence electrons. The van der Waals surface area contributed by atoms with Gasteiger partial charge in [-0.1, -0.05) is 0 Å². The number of aromatic nitrogens is 1. The Balaban J connectivity index is 2.71. The van der Waals surface area contributed by atoms with Crippen LogP contribution in [0.25, 0.3) is 0 Å². The van der Waals surface area contributed by atoms with Crippen LogP contribution in [0.3, 0.4) is 0 Å². The Morgan fingerprint density at radius 3 is 2.42 bits per heavy atom. The normalized spacial score (nSPS) is 11.3. The minimum absolute atomic E-state index is 0.264. The summed E-state index contributed by atoms with van der Waals surface area (Å²) < 4.78 is 17.8. The van der Waals surface area contributed by atoms with Gasteiger partial charge < -0.3 is 4.74 Å². The summed E-state index contributed by atoms with van der Waals surface area (Å²) in [5.74, 6) is 0.0974. The molecule has 0 aliphatic carbocycles. The van der Waals surface area contributed by atoms with Gasteiger partial charge >= 0.3 is 0 Å². The molecule has 0 atom stereocenters. The van der Waals surface area contributed by atoms with Gasteiger partial charge in [0.25, 0.3) is 0 Å². The van der Waals surface area contributed by atoms with Crippen LogP contribution in [-0.4, -0.2) is 10.6 Å². The van der Waals surface area contributed by atoms with Gasteiger partial charge in [0.1, 0.15) is 11.4 Å². The summed E-state index contributed by atoms with van der Waals surface area (Å²) in [6, 6.07) is 2.84. The summed E-state index contributed by atoms with van der Waals surface area (Å²) in [7, 11) is 0. The van der Waals surface area contributed by atoms with E-state index < -0.39 is 5.95 Å². The zero-order chi connectivity index (χ0) is 9.19. The quantitative estimate of drug-likeness (QED) is 0.602. The molecule has 0 fully saturated rings. The molecule has 0 aromatic carbocycles. The predicted molar refractivity (Wildman–Crippen MR) is 44.6 cm³/mol. The molecule has 1 heterocycles. The maximum absolute atomic E-state index is 12.4. The van der Waals surface area contributed by atoms with Crippen molar-refractivity contribution in [2.45, 2.75) is 26.4 Å². The van der Waals surface area contributed by atoms with E-state index in [0.717, 1.165) is 0 Å². The first-order chi connectivity index (χ1) is 5.47. The molecule has 0 amide bonds. The summed E-state index contributed by atoms with van der Waals surface area (Å²) >= 11 is 0. The van der Waals surface area contributed by atoms with Crippen LogP contribution < -0.4 is 4.74 Å². The largest absolute Gasteiger partial charge is 0.487 e. The lowest BCUT2D eigenvalue weighted by atomic mass is 10.2. The van der Waals surface area contributed by atoms with E-state index in [0.29, 0.717) is 5.75 Å². The van der Waals surface area contributed by atoms with Gasteiger partial charge in [0, 0.05) is 0 Å². The fourth-order valence-electron chi connectivity index (χ4n) is 0.776. The molecule has 0 radical (unpaired) electrons. The van der Waals surface area contributed by atoms with Crippen molar-refractivity contribution in [3.63, 3.8) is 0 Å². The molecule has 1 aromatic heterocycles. The van der Waals surface area contributed by atoms with Gasteiger partial charge in [-0.05, 0) is 32.9 Å². The highest BCUT2D eigenvalue weighted by atomic mass is 19.1. The molecule has 1 rings (SSSR count). The smallest absolute Gasteiger partial charge is 0.213 e. The van der Waals surface area contributed by atoms with Gasteiger partial charge in [-0.2, -0.15) is 4.39 Å². The van der Waals surface area contributed by atoms with Crippen LogP contribution in [0.4, 0.5) is 4.39 Å². The topological polar surface area (TPSA) is 22.1 Å².